The molecule has 1 aromatic carbocycles. The topological polar surface area (TPSA) is 78.1 Å². The Morgan fingerprint density at radius 1 is 0.826 bits per heavy atom. The van der Waals surface area contributed by atoms with Gasteiger partial charge in [0.2, 0.25) is 0 Å². The monoisotopic (exact) mass is 308 g/mol. The first-order chi connectivity index (χ1) is 11.0. The minimum atomic E-state index is -0.452. The molecule has 0 radical (unpaired) electrons. The van der Waals surface area contributed by atoms with Gasteiger partial charge >= 0.3 is 0 Å². The molecule has 0 amide bonds. The van der Waals surface area contributed by atoms with E-state index in [1.807, 2.05) is 12.2 Å². The van der Waals surface area contributed by atoms with Gasteiger partial charge in [-0.05, 0) is 31.1 Å². The highest BCUT2D eigenvalue weighted by molar-refractivity contribution is 5.98. The molecule has 114 valence electrons. The van der Waals surface area contributed by atoms with Crippen molar-refractivity contribution in [1.82, 2.24) is 9.13 Å². The van der Waals surface area contributed by atoms with E-state index in [-0.39, 0.29) is 21.5 Å². The van der Waals surface area contributed by atoms with Gasteiger partial charge in [0.25, 0.3) is 22.2 Å². The normalized spacial score (nSPS) is 14.7. The van der Waals surface area contributed by atoms with Crippen molar-refractivity contribution in [3.05, 3.63) is 71.8 Å². The van der Waals surface area contributed by atoms with E-state index in [9.17, 15) is 19.2 Å². The summed E-state index contributed by atoms with van der Waals surface area (Å²) in [4.78, 5) is 49.3. The lowest BCUT2D eigenvalue weighted by Gasteiger charge is -2.07. The van der Waals surface area contributed by atoms with Crippen LogP contribution in [0.2, 0.25) is 0 Å². The lowest BCUT2D eigenvalue weighted by Crippen LogP contribution is -2.25. The van der Waals surface area contributed by atoms with Crippen LogP contribution >= 0.6 is 0 Å². The number of rotatable bonds is 1. The van der Waals surface area contributed by atoms with Crippen LogP contribution in [0.4, 0.5) is 0 Å². The maximum Gasteiger partial charge on any atom is 0.265 e. The van der Waals surface area contributed by atoms with Crippen molar-refractivity contribution in [2.75, 3.05) is 0 Å². The van der Waals surface area contributed by atoms with Gasteiger partial charge in [-0.25, -0.2) is 4.57 Å². The third-order valence-electron chi connectivity index (χ3n) is 4.37. The summed E-state index contributed by atoms with van der Waals surface area (Å²) in [6.07, 6.45) is 6.87. The molecule has 0 aliphatic heterocycles. The third kappa shape index (κ3) is 1.69. The number of aromatic nitrogens is 2. The maximum absolute atomic E-state index is 12.6. The first-order valence-corrected chi connectivity index (χ1v) is 7.25. The fraction of sp³-hybridized carbons (Fsp3) is 0.176. The lowest BCUT2D eigenvalue weighted by molar-refractivity contribution is 0.856. The van der Waals surface area contributed by atoms with E-state index in [0.29, 0.717) is 12.1 Å². The highest BCUT2D eigenvalue weighted by Crippen LogP contribution is 2.18. The van der Waals surface area contributed by atoms with Crippen LogP contribution in [0.1, 0.15) is 12.8 Å². The molecule has 1 aliphatic carbocycles. The van der Waals surface area contributed by atoms with Crippen LogP contribution in [0.15, 0.2) is 49.5 Å². The Bertz CT molecular complexity index is 1170. The Morgan fingerprint density at radius 3 is 1.83 bits per heavy atom. The summed E-state index contributed by atoms with van der Waals surface area (Å²) in [5.41, 5.74) is -1.15. The molecule has 0 N–H and O–H groups in total. The highest BCUT2D eigenvalue weighted by atomic mass is 16.2. The number of hydrogen-bond acceptors (Lipinski definition) is 4. The van der Waals surface area contributed by atoms with Crippen molar-refractivity contribution in [3.8, 4) is 0 Å². The molecular weight excluding hydrogens is 296 g/mol. The molecule has 0 fully saturated rings. The van der Waals surface area contributed by atoms with Gasteiger partial charge < -0.3 is 0 Å². The molecular formula is C17H12N2O4. The van der Waals surface area contributed by atoms with Gasteiger partial charge in [0.05, 0.1) is 21.5 Å². The molecule has 6 nitrogen and oxygen atoms in total. The number of allylic oxidation sites excluding steroid dienone is 4. The summed E-state index contributed by atoms with van der Waals surface area (Å²) in [5, 5.41) is 0.717. The molecule has 1 aliphatic rings. The molecule has 0 saturated carbocycles. The van der Waals surface area contributed by atoms with Crippen LogP contribution < -0.4 is 22.2 Å². The zero-order chi connectivity index (χ0) is 16.3. The van der Waals surface area contributed by atoms with Gasteiger partial charge in [-0.3, -0.25) is 23.7 Å². The third-order valence-corrected chi connectivity index (χ3v) is 4.37. The number of benzene rings is 1. The van der Waals surface area contributed by atoms with Crippen LogP contribution in [0.3, 0.4) is 0 Å². The van der Waals surface area contributed by atoms with Gasteiger partial charge in [0, 0.05) is 12.7 Å². The molecule has 0 unspecified atom stereocenters. The SMILES string of the molecule is Cn1c(=O)c2cc3c(=O)n(C4=CC=CCC4)c(=O)c3cc2c1=O. The predicted octanol–water partition coefficient (Wildman–Crippen LogP) is 0.640. The smallest absolute Gasteiger partial charge is 0.265 e. The van der Waals surface area contributed by atoms with Gasteiger partial charge in [-0.2, -0.15) is 0 Å². The van der Waals surface area contributed by atoms with E-state index in [2.05, 4.69) is 0 Å². The Morgan fingerprint density at radius 2 is 1.35 bits per heavy atom. The largest absolute Gasteiger partial charge is 0.277 e. The minimum absolute atomic E-state index is 0.178. The summed E-state index contributed by atoms with van der Waals surface area (Å²) >= 11 is 0. The van der Waals surface area contributed by atoms with Gasteiger partial charge in [-0.15, -0.1) is 0 Å². The van der Waals surface area contributed by atoms with Crippen molar-refractivity contribution in [2.24, 2.45) is 7.05 Å². The molecule has 6 heteroatoms. The van der Waals surface area contributed by atoms with E-state index in [1.165, 1.54) is 19.2 Å². The first kappa shape index (κ1) is 13.6. The van der Waals surface area contributed by atoms with Crippen molar-refractivity contribution in [3.63, 3.8) is 0 Å². The second-order valence-corrected chi connectivity index (χ2v) is 5.68. The van der Waals surface area contributed by atoms with E-state index < -0.39 is 22.2 Å². The van der Waals surface area contributed by atoms with E-state index in [4.69, 9.17) is 0 Å². The number of hydrogen-bond donors (Lipinski definition) is 0. The van der Waals surface area contributed by atoms with Crippen molar-refractivity contribution in [1.29, 1.82) is 0 Å². The zero-order valence-corrected chi connectivity index (χ0v) is 12.3. The highest BCUT2D eigenvalue weighted by Gasteiger charge is 2.20. The van der Waals surface area contributed by atoms with E-state index in [1.54, 1.807) is 6.08 Å². The Kier molecular flexibility index (Phi) is 2.66. The number of fused-ring (bicyclic) bond motifs is 2. The summed E-state index contributed by atoms with van der Waals surface area (Å²) in [5.74, 6) is 0. The molecule has 0 saturated heterocycles. The molecule has 23 heavy (non-hydrogen) atoms. The minimum Gasteiger partial charge on any atom is -0.277 e. The first-order valence-electron chi connectivity index (χ1n) is 7.25. The van der Waals surface area contributed by atoms with Crippen molar-refractivity contribution < 1.29 is 0 Å². The fourth-order valence-corrected chi connectivity index (χ4v) is 3.13. The van der Waals surface area contributed by atoms with Gasteiger partial charge in [0.1, 0.15) is 0 Å². The molecule has 2 aromatic heterocycles. The summed E-state index contributed by atoms with van der Waals surface area (Å²) in [6.45, 7) is 0. The van der Waals surface area contributed by atoms with Crippen LogP contribution in [-0.2, 0) is 7.05 Å². The predicted molar refractivity (Wildman–Crippen MR) is 88.5 cm³/mol. The fourth-order valence-electron chi connectivity index (χ4n) is 3.13. The van der Waals surface area contributed by atoms with Gasteiger partial charge in [0.15, 0.2) is 0 Å². The standard InChI is InChI=1S/C17H12N2O4/c1-18-14(20)10-7-12-13(8-11(10)15(18)21)17(23)19(16(12)22)9-5-3-2-4-6-9/h2-3,5,7-8H,4,6H2,1H3. The van der Waals surface area contributed by atoms with Crippen molar-refractivity contribution >= 4 is 27.2 Å². The Hall–Kier alpha value is -3.02. The van der Waals surface area contributed by atoms with Crippen LogP contribution in [-0.4, -0.2) is 9.13 Å². The van der Waals surface area contributed by atoms with Crippen LogP contribution in [0.25, 0.3) is 27.2 Å². The quantitative estimate of drug-likeness (QED) is 0.661. The molecule has 4 rings (SSSR count). The van der Waals surface area contributed by atoms with Crippen LogP contribution in [0.5, 0.6) is 0 Å². The van der Waals surface area contributed by atoms with E-state index >= 15 is 0 Å². The van der Waals surface area contributed by atoms with E-state index in [0.717, 1.165) is 15.6 Å². The molecule has 3 aromatic rings. The molecule has 0 atom stereocenters. The van der Waals surface area contributed by atoms with Crippen LogP contribution in [0, 0.1) is 0 Å². The summed E-state index contributed by atoms with van der Waals surface area (Å²) < 4.78 is 2.13. The molecule has 0 spiro atoms. The molecule has 0 bridgehead atoms. The second-order valence-electron chi connectivity index (χ2n) is 5.68. The average Bonchev–Trinajstić information content (AvgIpc) is 2.94. The zero-order valence-electron chi connectivity index (χ0n) is 12.3. The summed E-state index contributed by atoms with van der Waals surface area (Å²) in [6, 6.07) is 2.74. The Labute approximate surface area is 128 Å². The lowest BCUT2D eigenvalue weighted by atomic mass is 10.1. The number of nitrogens with zero attached hydrogens (tertiary/aromatic N) is 2. The maximum atomic E-state index is 12.6. The second kappa shape index (κ2) is 4.49. The van der Waals surface area contributed by atoms with Gasteiger partial charge in [-0.1, -0.05) is 12.2 Å². The summed E-state index contributed by atoms with van der Waals surface area (Å²) in [7, 11) is 1.38. The average molecular weight is 308 g/mol. The van der Waals surface area contributed by atoms with Crippen molar-refractivity contribution in [2.45, 2.75) is 12.8 Å². The Balaban J connectivity index is 2.18. The molecule has 2 heterocycles.